The molecule has 3 aromatic heterocycles. The second-order valence-corrected chi connectivity index (χ2v) is 9.58. The number of rotatable bonds is 3. The summed E-state index contributed by atoms with van der Waals surface area (Å²) in [4.78, 5) is 29.4. The Labute approximate surface area is 180 Å². The molecule has 0 spiro atoms. The molecule has 7 nitrogen and oxygen atoms in total. The number of nitrogens with zero attached hydrogens (tertiary/aromatic N) is 6. The Morgan fingerprint density at radius 3 is 2.70 bits per heavy atom. The molecular formula is C22H28N6OS. The van der Waals surface area contributed by atoms with Gasteiger partial charge in [-0.15, -0.1) is 11.3 Å². The minimum atomic E-state index is 0.00113. The van der Waals surface area contributed by atoms with Gasteiger partial charge in [-0.25, -0.2) is 9.97 Å². The highest BCUT2D eigenvalue weighted by Gasteiger charge is 2.30. The summed E-state index contributed by atoms with van der Waals surface area (Å²) >= 11 is 1.86. The molecule has 8 heteroatoms. The Bertz CT molecular complexity index is 1090. The van der Waals surface area contributed by atoms with E-state index in [1.807, 2.05) is 43.5 Å². The van der Waals surface area contributed by atoms with Crippen LogP contribution in [0.3, 0.4) is 0 Å². The molecule has 0 N–H and O–H groups in total. The van der Waals surface area contributed by atoms with Crippen LogP contribution in [0.25, 0.3) is 10.2 Å². The smallest absolute Gasteiger partial charge is 0.274 e. The van der Waals surface area contributed by atoms with Crippen molar-refractivity contribution in [1.82, 2.24) is 24.6 Å². The minimum absolute atomic E-state index is 0.00113. The molecule has 1 saturated heterocycles. The number of carbonyl (C=O) groups excluding carboxylic acids is 1. The zero-order valence-corrected chi connectivity index (χ0v) is 18.7. The molecule has 1 aliphatic carbocycles. The van der Waals surface area contributed by atoms with E-state index in [0.29, 0.717) is 5.69 Å². The van der Waals surface area contributed by atoms with Crippen molar-refractivity contribution in [2.75, 3.05) is 25.0 Å². The Balaban J connectivity index is 1.36. The van der Waals surface area contributed by atoms with Gasteiger partial charge in [0.2, 0.25) is 0 Å². The predicted octanol–water partition coefficient (Wildman–Crippen LogP) is 3.35. The first-order valence-corrected chi connectivity index (χ1v) is 11.6. The molecular weight excluding hydrogens is 396 g/mol. The fourth-order valence-corrected chi connectivity index (χ4v) is 6.11. The maximum atomic E-state index is 12.8. The third-order valence-corrected chi connectivity index (χ3v) is 7.66. The van der Waals surface area contributed by atoms with Gasteiger partial charge in [0, 0.05) is 44.3 Å². The first-order chi connectivity index (χ1) is 14.5. The lowest BCUT2D eigenvalue weighted by molar-refractivity contribution is 0.0702. The average Bonchev–Trinajstić information content (AvgIpc) is 3.35. The number of aromatic nitrogens is 4. The van der Waals surface area contributed by atoms with Gasteiger partial charge in [0.05, 0.1) is 5.39 Å². The maximum Gasteiger partial charge on any atom is 0.274 e. The van der Waals surface area contributed by atoms with Gasteiger partial charge in [-0.05, 0) is 57.1 Å². The van der Waals surface area contributed by atoms with Crippen LogP contribution in [-0.2, 0) is 19.9 Å². The van der Waals surface area contributed by atoms with Crippen LogP contribution in [0, 0.1) is 6.92 Å². The number of amides is 1. The standard InChI is InChI=1S/C22H28N6OS/c1-14-23-20(19-16-6-4-5-7-18(16)30-21(19)24-14)28-12-8-15(9-13-28)27(3)22(29)17-10-11-26(2)25-17/h10-11,15H,4-9,12-13H2,1-3H3. The molecule has 3 aromatic rings. The number of aryl methyl sites for hydroxylation is 4. The summed E-state index contributed by atoms with van der Waals surface area (Å²) in [5, 5.41) is 5.56. The van der Waals surface area contributed by atoms with Gasteiger partial charge < -0.3 is 9.80 Å². The molecule has 0 unspecified atom stereocenters. The van der Waals surface area contributed by atoms with E-state index in [2.05, 4.69) is 10.00 Å². The molecule has 158 valence electrons. The number of hydrogen-bond donors (Lipinski definition) is 0. The van der Waals surface area contributed by atoms with E-state index in [4.69, 9.17) is 9.97 Å². The summed E-state index contributed by atoms with van der Waals surface area (Å²) in [6.45, 7) is 3.80. The van der Waals surface area contributed by atoms with Gasteiger partial charge in [-0.2, -0.15) is 5.10 Å². The topological polar surface area (TPSA) is 67.2 Å². The van der Waals surface area contributed by atoms with E-state index in [1.54, 1.807) is 10.7 Å². The van der Waals surface area contributed by atoms with Crippen LogP contribution in [0.2, 0.25) is 0 Å². The highest BCUT2D eigenvalue weighted by atomic mass is 32.1. The number of hydrogen-bond acceptors (Lipinski definition) is 6. The largest absolute Gasteiger partial charge is 0.356 e. The Morgan fingerprint density at radius 1 is 1.20 bits per heavy atom. The van der Waals surface area contributed by atoms with Crippen molar-refractivity contribution in [2.24, 2.45) is 7.05 Å². The summed E-state index contributed by atoms with van der Waals surface area (Å²) < 4.78 is 1.67. The van der Waals surface area contributed by atoms with Gasteiger partial charge in [0.1, 0.15) is 22.2 Å². The quantitative estimate of drug-likeness (QED) is 0.645. The summed E-state index contributed by atoms with van der Waals surface area (Å²) in [5.41, 5.74) is 2.00. The van der Waals surface area contributed by atoms with Crippen molar-refractivity contribution in [1.29, 1.82) is 0 Å². The molecule has 5 rings (SSSR count). The molecule has 0 aromatic carbocycles. The van der Waals surface area contributed by atoms with Crippen molar-refractivity contribution in [3.05, 3.63) is 34.2 Å². The number of fused-ring (bicyclic) bond motifs is 3. The summed E-state index contributed by atoms with van der Waals surface area (Å²) in [5.74, 6) is 1.95. The number of anilines is 1. The zero-order chi connectivity index (χ0) is 20.8. The van der Waals surface area contributed by atoms with Crippen molar-refractivity contribution < 1.29 is 4.79 Å². The molecule has 0 atom stereocenters. The van der Waals surface area contributed by atoms with Crippen LogP contribution in [-0.4, -0.2) is 56.7 Å². The van der Waals surface area contributed by atoms with E-state index >= 15 is 0 Å². The third kappa shape index (κ3) is 3.37. The molecule has 0 saturated carbocycles. The van der Waals surface area contributed by atoms with Gasteiger partial charge in [-0.3, -0.25) is 9.48 Å². The molecule has 1 amide bonds. The van der Waals surface area contributed by atoms with Crippen LogP contribution < -0.4 is 4.90 Å². The van der Waals surface area contributed by atoms with E-state index in [-0.39, 0.29) is 11.9 Å². The number of carbonyl (C=O) groups is 1. The van der Waals surface area contributed by atoms with E-state index in [1.165, 1.54) is 35.1 Å². The minimum Gasteiger partial charge on any atom is -0.356 e. The Morgan fingerprint density at radius 2 is 1.97 bits per heavy atom. The number of thiophene rings is 1. The van der Waals surface area contributed by atoms with Crippen LogP contribution in [0.15, 0.2) is 12.3 Å². The zero-order valence-electron chi connectivity index (χ0n) is 17.9. The van der Waals surface area contributed by atoms with Crippen molar-refractivity contribution >= 4 is 33.3 Å². The lowest BCUT2D eigenvalue weighted by Gasteiger charge is -2.37. The second kappa shape index (κ2) is 7.65. The van der Waals surface area contributed by atoms with E-state index in [0.717, 1.165) is 48.8 Å². The van der Waals surface area contributed by atoms with Crippen molar-refractivity contribution in [3.8, 4) is 0 Å². The fraction of sp³-hybridized carbons (Fsp3) is 0.545. The fourth-order valence-electron chi connectivity index (χ4n) is 4.81. The molecule has 1 fully saturated rings. The predicted molar refractivity (Wildman–Crippen MR) is 119 cm³/mol. The third-order valence-electron chi connectivity index (χ3n) is 6.47. The average molecular weight is 425 g/mol. The van der Waals surface area contributed by atoms with Crippen LogP contribution in [0.4, 0.5) is 5.82 Å². The van der Waals surface area contributed by atoms with Crippen molar-refractivity contribution in [2.45, 2.75) is 51.5 Å². The van der Waals surface area contributed by atoms with Gasteiger partial charge in [0.15, 0.2) is 0 Å². The lowest BCUT2D eigenvalue weighted by atomic mass is 9.96. The molecule has 30 heavy (non-hydrogen) atoms. The van der Waals surface area contributed by atoms with Gasteiger partial charge >= 0.3 is 0 Å². The SMILES string of the molecule is Cc1nc(N2CCC(N(C)C(=O)c3ccn(C)n3)CC2)c2c3c(sc2n1)CCCC3. The highest BCUT2D eigenvalue weighted by molar-refractivity contribution is 7.19. The van der Waals surface area contributed by atoms with Crippen LogP contribution in [0.5, 0.6) is 0 Å². The van der Waals surface area contributed by atoms with Gasteiger partial charge in [-0.1, -0.05) is 0 Å². The monoisotopic (exact) mass is 424 g/mol. The van der Waals surface area contributed by atoms with Crippen LogP contribution >= 0.6 is 11.3 Å². The number of piperidine rings is 1. The summed E-state index contributed by atoms with van der Waals surface area (Å²) in [7, 11) is 3.74. The first-order valence-electron chi connectivity index (χ1n) is 10.8. The first kappa shape index (κ1) is 19.5. The molecule has 2 aliphatic rings. The van der Waals surface area contributed by atoms with Crippen LogP contribution in [0.1, 0.15) is 52.4 Å². The lowest BCUT2D eigenvalue weighted by Crippen LogP contribution is -2.46. The summed E-state index contributed by atoms with van der Waals surface area (Å²) in [6.07, 6.45) is 8.55. The Hall–Kier alpha value is -2.48. The van der Waals surface area contributed by atoms with E-state index < -0.39 is 0 Å². The van der Waals surface area contributed by atoms with Crippen molar-refractivity contribution in [3.63, 3.8) is 0 Å². The maximum absolute atomic E-state index is 12.8. The second-order valence-electron chi connectivity index (χ2n) is 8.49. The molecule has 0 bridgehead atoms. The Kier molecular flexibility index (Phi) is 4.97. The normalized spacial score (nSPS) is 17.4. The highest BCUT2D eigenvalue weighted by Crippen LogP contribution is 2.40. The van der Waals surface area contributed by atoms with E-state index in [9.17, 15) is 4.79 Å². The molecule has 4 heterocycles. The molecule has 1 aliphatic heterocycles. The molecule has 0 radical (unpaired) electrons. The van der Waals surface area contributed by atoms with Gasteiger partial charge in [0.25, 0.3) is 5.91 Å². The summed E-state index contributed by atoms with van der Waals surface area (Å²) in [6, 6.07) is 2.01.